The third-order valence-corrected chi connectivity index (χ3v) is 8.73. The molecule has 0 amide bonds. The first-order valence-corrected chi connectivity index (χ1v) is 14.0. The van der Waals surface area contributed by atoms with Gasteiger partial charge in [0.25, 0.3) is 5.56 Å². The van der Waals surface area contributed by atoms with Crippen LogP contribution in [0.25, 0.3) is 22.0 Å². The zero-order valence-corrected chi connectivity index (χ0v) is 23.6. The monoisotopic (exact) mass is 644 g/mol. The normalized spacial score (nSPS) is 11.6. The van der Waals surface area contributed by atoms with Gasteiger partial charge in [-0.05, 0) is 59.3 Å². The molecule has 0 aliphatic heterocycles. The van der Waals surface area contributed by atoms with Crippen LogP contribution in [0, 0.1) is 28.7 Å². The molecular formula is C27H19BrF2N4O6S. The van der Waals surface area contributed by atoms with Crippen LogP contribution in [0.4, 0.5) is 20.2 Å². The molecule has 0 saturated carbocycles. The van der Waals surface area contributed by atoms with Crippen molar-refractivity contribution in [2.75, 3.05) is 5.73 Å². The summed E-state index contributed by atoms with van der Waals surface area (Å²) < 4.78 is 61.8. The van der Waals surface area contributed by atoms with Crippen molar-refractivity contribution in [3.05, 3.63) is 103 Å². The van der Waals surface area contributed by atoms with E-state index >= 15 is 0 Å². The van der Waals surface area contributed by atoms with Crippen molar-refractivity contribution in [3.8, 4) is 22.6 Å². The summed E-state index contributed by atoms with van der Waals surface area (Å²) in [5, 5.41) is 11.9. The molecule has 0 atom stereocenters. The molecular weight excluding hydrogens is 626 g/mol. The number of pyridine rings is 1. The van der Waals surface area contributed by atoms with E-state index in [0.29, 0.717) is 6.07 Å². The van der Waals surface area contributed by atoms with E-state index < -0.39 is 49.1 Å². The van der Waals surface area contributed by atoms with Gasteiger partial charge in [0, 0.05) is 40.3 Å². The molecule has 210 valence electrons. The number of halogens is 3. The van der Waals surface area contributed by atoms with Gasteiger partial charge in [0.15, 0.2) is 11.6 Å². The highest BCUT2D eigenvalue weighted by molar-refractivity contribution is 9.10. The number of benzene rings is 3. The zero-order valence-electron chi connectivity index (χ0n) is 21.2. The second-order valence-corrected chi connectivity index (χ2v) is 11.9. The summed E-state index contributed by atoms with van der Waals surface area (Å²) in [6.45, 7) is 1.80. The highest BCUT2D eigenvalue weighted by Crippen LogP contribution is 2.49. The van der Waals surface area contributed by atoms with Crippen molar-refractivity contribution >= 4 is 48.0 Å². The fourth-order valence-electron chi connectivity index (χ4n) is 4.30. The second-order valence-electron chi connectivity index (χ2n) is 9.13. The van der Waals surface area contributed by atoms with Crippen molar-refractivity contribution in [1.29, 1.82) is 0 Å². The van der Waals surface area contributed by atoms with Crippen LogP contribution in [0.1, 0.15) is 5.56 Å². The van der Waals surface area contributed by atoms with E-state index in [-0.39, 0.29) is 42.1 Å². The van der Waals surface area contributed by atoms with E-state index in [0.717, 1.165) is 22.3 Å². The van der Waals surface area contributed by atoms with Gasteiger partial charge >= 0.3 is 5.69 Å². The number of nitrogens with one attached hydrogen (secondary N) is 1. The molecule has 2 heterocycles. The average molecular weight is 645 g/mol. The zero-order chi connectivity index (χ0) is 29.8. The molecule has 0 aliphatic rings. The highest BCUT2D eigenvalue weighted by atomic mass is 79.9. The molecule has 14 heteroatoms. The maximum Gasteiger partial charge on any atom is 0.336 e. The molecule has 3 aromatic carbocycles. The van der Waals surface area contributed by atoms with Crippen molar-refractivity contribution < 1.29 is 26.9 Å². The van der Waals surface area contributed by atoms with E-state index in [4.69, 9.17) is 10.5 Å². The summed E-state index contributed by atoms with van der Waals surface area (Å²) in [4.78, 5) is 27.0. The number of aromatic nitrogens is 2. The van der Waals surface area contributed by atoms with Crippen LogP contribution in [0.2, 0.25) is 0 Å². The molecule has 5 aromatic rings. The summed E-state index contributed by atoms with van der Waals surface area (Å²) in [6.07, 6.45) is 1.33. The van der Waals surface area contributed by atoms with Crippen LogP contribution >= 0.6 is 15.9 Å². The number of nitrogen functional groups attached to an aromatic ring is 1. The number of nitro groups is 1. The number of fused-ring (bicyclic) bond motifs is 1. The van der Waals surface area contributed by atoms with Crippen molar-refractivity contribution in [1.82, 2.24) is 9.55 Å². The minimum absolute atomic E-state index is 0.0188. The number of rotatable bonds is 6. The van der Waals surface area contributed by atoms with Gasteiger partial charge in [-0.3, -0.25) is 14.9 Å². The van der Waals surface area contributed by atoms with Crippen molar-refractivity contribution in [3.63, 3.8) is 0 Å². The summed E-state index contributed by atoms with van der Waals surface area (Å²) >= 11 is 3.20. The molecule has 0 saturated heterocycles. The van der Waals surface area contributed by atoms with Crippen LogP contribution in [0.5, 0.6) is 11.5 Å². The molecule has 0 aliphatic carbocycles. The first-order chi connectivity index (χ1) is 19.3. The average Bonchev–Trinajstić information content (AvgIpc) is 3.37. The van der Waals surface area contributed by atoms with Gasteiger partial charge < -0.3 is 20.0 Å². The van der Waals surface area contributed by atoms with E-state index in [1.807, 2.05) is 0 Å². The maximum absolute atomic E-state index is 14.6. The number of aromatic amines is 1. The Morgan fingerprint density at radius 2 is 1.76 bits per heavy atom. The number of hydrogen-bond acceptors (Lipinski definition) is 7. The largest absolute Gasteiger partial charge is 0.446 e. The molecule has 0 spiro atoms. The lowest BCUT2D eigenvalue weighted by molar-refractivity contribution is -0.384. The minimum atomic E-state index is -4.11. The van der Waals surface area contributed by atoms with Crippen molar-refractivity contribution in [2.45, 2.75) is 16.8 Å². The predicted octanol–water partition coefficient (Wildman–Crippen LogP) is 6.00. The topological polar surface area (TPSA) is 150 Å². The Hall–Kier alpha value is -4.56. The Morgan fingerprint density at radius 1 is 1.07 bits per heavy atom. The second kappa shape index (κ2) is 10.1. The quantitative estimate of drug-likeness (QED) is 0.131. The van der Waals surface area contributed by atoms with Gasteiger partial charge in [-0.1, -0.05) is 17.7 Å². The van der Waals surface area contributed by atoms with Crippen LogP contribution < -0.4 is 16.0 Å². The molecule has 5 rings (SSSR count). The lowest BCUT2D eigenvalue weighted by Gasteiger charge is -2.16. The Labute approximate surface area is 239 Å². The van der Waals surface area contributed by atoms with Gasteiger partial charge in [0.2, 0.25) is 15.6 Å². The van der Waals surface area contributed by atoms with E-state index in [2.05, 4.69) is 20.9 Å². The molecule has 0 bridgehead atoms. The Morgan fingerprint density at radius 3 is 2.39 bits per heavy atom. The number of anilines is 1. The fourth-order valence-corrected chi connectivity index (χ4v) is 5.97. The molecule has 41 heavy (non-hydrogen) atoms. The highest BCUT2D eigenvalue weighted by Gasteiger charge is 2.31. The third-order valence-electron chi connectivity index (χ3n) is 6.38. The van der Waals surface area contributed by atoms with Gasteiger partial charge in [-0.25, -0.2) is 17.2 Å². The standard InChI is InChI=1S/C27H19BrF2N4O6S/c1-13-3-6-15(7-4-13)41(38,39)22-11-16-18(12-33(2)27(35)24(16)32-22)17-10-19(28)23(31)25(34(36)37)26(17)40-21-8-5-14(29)9-20(21)30/h3-12,32H,31H2,1-2H3. The number of nitrogens with two attached hydrogens (primary N) is 1. The van der Waals surface area contributed by atoms with Crippen LogP contribution in [0.3, 0.4) is 0 Å². The van der Waals surface area contributed by atoms with Crippen LogP contribution in [-0.2, 0) is 16.9 Å². The Bertz CT molecular complexity index is 2060. The number of aryl methyl sites for hydroxylation is 2. The molecule has 3 N–H and O–H groups in total. The van der Waals surface area contributed by atoms with Gasteiger partial charge in [-0.2, -0.15) is 0 Å². The summed E-state index contributed by atoms with van der Waals surface area (Å²) in [5.74, 6) is -3.07. The fraction of sp³-hybridized carbons (Fsp3) is 0.0741. The molecule has 0 fully saturated rings. The maximum atomic E-state index is 14.6. The van der Waals surface area contributed by atoms with E-state index in [9.17, 15) is 32.1 Å². The SMILES string of the molecule is Cc1ccc(S(=O)(=O)c2cc3c(-c4cc(Br)c(N)c([N+](=O)[O-])c4Oc4ccc(F)cc4F)cn(C)c(=O)c3[nH]2)cc1. The lowest BCUT2D eigenvalue weighted by atomic mass is 10.0. The molecule has 0 radical (unpaired) electrons. The van der Waals surface area contributed by atoms with Crippen LogP contribution in [0.15, 0.2) is 80.0 Å². The van der Waals surface area contributed by atoms with E-state index in [1.54, 1.807) is 19.1 Å². The number of H-pyrrole nitrogens is 1. The van der Waals surface area contributed by atoms with E-state index in [1.165, 1.54) is 37.5 Å². The first-order valence-electron chi connectivity index (χ1n) is 11.7. The Kier molecular flexibility index (Phi) is 6.91. The predicted molar refractivity (Wildman–Crippen MR) is 151 cm³/mol. The van der Waals surface area contributed by atoms with Crippen molar-refractivity contribution in [2.24, 2.45) is 7.05 Å². The Balaban J connectivity index is 1.82. The molecule has 2 aromatic heterocycles. The molecule has 10 nitrogen and oxygen atoms in total. The third kappa shape index (κ3) is 4.85. The summed E-state index contributed by atoms with van der Waals surface area (Å²) in [5.41, 5.74) is 5.18. The number of nitrogens with zero attached hydrogens (tertiary/aromatic N) is 2. The number of ether oxygens (including phenoxy) is 1. The first kappa shape index (κ1) is 28.0. The van der Waals surface area contributed by atoms with Gasteiger partial charge in [-0.15, -0.1) is 0 Å². The minimum Gasteiger partial charge on any atom is -0.446 e. The van der Waals surface area contributed by atoms with Gasteiger partial charge in [0.05, 0.1) is 9.82 Å². The smallest absolute Gasteiger partial charge is 0.336 e. The number of nitro benzene ring substituents is 1. The molecule has 0 unspecified atom stereocenters. The number of hydrogen-bond donors (Lipinski definition) is 2. The van der Waals surface area contributed by atoms with Gasteiger partial charge in [0.1, 0.15) is 22.0 Å². The summed E-state index contributed by atoms with van der Waals surface area (Å²) in [7, 11) is -2.70. The summed E-state index contributed by atoms with van der Waals surface area (Å²) in [6, 6.07) is 11.1. The number of sulfone groups is 1. The lowest BCUT2D eigenvalue weighted by Crippen LogP contribution is -2.17. The van der Waals surface area contributed by atoms with Crippen LogP contribution in [-0.4, -0.2) is 22.9 Å².